The van der Waals surface area contributed by atoms with Gasteiger partial charge in [0.15, 0.2) is 0 Å². The molecule has 0 radical (unpaired) electrons. The molecule has 0 unspecified atom stereocenters. The first-order valence-electron chi connectivity index (χ1n) is 5.97. The summed E-state index contributed by atoms with van der Waals surface area (Å²) in [5, 5.41) is 8.60. The third-order valence-electron chi connectivity index (χ3n) is 3.47. The van der Waals surface area contributed by atoms with E-state index in [0.717, 1.165) is 22.9 Å². The summed E-state index contributed by atoms with van der Waals surface area (Å²) in [4.78, 5) is 0. The average molecular weight is 334 g/mol. The molecule has 0 fully saturated rings. The molecule has 2 aliphatic heterocycles. The van der Waals surface area contributed by atoms with Crippen LogP contribution in [-0.4, -0.2) is 19.2 Å². The van der Waals surface area contributed by atoms with Crippen LogP contribution in [0, 0.1) is 0 Å². The Balaban J connectivity index is 1.80. The molecule has 4 nitrogen and oxygen atoms in total. The summed E-state index contributed by atoms with van der Waals surface area (Å²) >= 11 is 6.64. The Labute approximate surface area is 131 Å². The van der Waals surface area contributed by atoms with Crippen molar-refractivity contribution in [3.8, 4) is 22.5 Å². The zero-order valence-electron chi connectivity index (χ0n) is 9.99. The number of hydrogen-bond donors (Lipinski definition) is 0. The van der Waals surface area contributed by atoms with Gasteiger partial charge in [0, 0.05) is 22.6 Å². The summed E-state index contributed by atoms with van der Waals surface area (Å²) in [6, 6.07) is 4.56. The summed E-state index contributed by atoms with van der Waals surface area (Å²) in [6.07, 6.45) is 0. The SMILES string of the molecule is c1c2c(cc3c1CSc1snnc1-3)-c1nnsc1SC2. The smallest absolute Gasteiger partial charge is 0.119 e. The van der Waals surface area contributed by atoms with Crippen molar-refractivity contribution in [2.75, 3.05) is 0 Å². The Kier molecular flexibility index (Phi) is 2.49. The second-order valence-electron chi connectivity index (χ2n) is 4.56. The second kappa shape index (κ2) is 4.27. The Morgan fingerprint density at radius 2 is 1.30 bits per heavy atom. The predicted octanol–water partition coefficient (Wildman–Crippen LogP) is 3.94. The van der Waals surface area contributed by atoms with E-state index in [9.17, 15) is 0 Å². The van der Waals surface area contributed by atoms with E-state index in [1.165, 1.54) is 53.7 Å². The van der Waals surface area contributed by atoms with Crippen molar-refractivity contribution in [3.63, 3.8) is 0 Å². The van der Waals surface area contributed by atoms with Gasteiger partial charge in [-0.2, -0.15) is 0 Å². The van der Waals surface area contributed by atoms with Gasteiger partial charge in [-0.3, -0.25) is 0 Å². The number of fused-ring (bicyclic) bond motifs is 6. The first kappa shape index (κ1) is 11.7. The standard InChI is InChI=1S/C12H6N4S4/c1-5-3-17-11-9(13-15-19-11)7(5)2-8-6(1)4-18-12-10(8)14-16-20-12/h1-2H,3-4H2. The number of thioether (sulfide) groups is 2. The van der Waals surface area contributed by atoms with Gasteiger partial charge in [0.05, 0.1) is 0 Å². The highest BCUT2D eigenvalue weighted by Crippen LogP contribution is 2.48. The number of nitrogens with zero attached hydrogens (tertiary/aromatic N) is 4. The van der Waals surface area contributed by atoms with Gasteiger partial charge >= 0.3 is 0 Å². The van der Waals surface area contributed by atoms with Crippen LogP contribution < -0.4 is 0 Å². The number of hydrogen-bond acceptors (Lipinski definition) is 8. The van der Waals surface area contributed by atoms with E-state index in [0.29, 0.717) is 0 Å². The van der Waals surface area contributed by atoms with Gasteiger partial charge < -0.3 is 0 Å². The van der Waals surface area contributed by atoms with Crippen molar-refractivity contribution >= 4 is 46.6 Å². The van der Waals surface area contributed by atoms with Gasteiger partial charge in [0.1, 0.15) is 19.8 Å². The molecule has 5 rings (SSSR count). The molecule has 0 saturated carbocycles. The normalized spacial score (nSPS) is 15.2. The maximum atomic E-state index is 4.30. The Hall–Kier alpha value is -0.960. The molecule has 8 heteroatoms. The van der Waals surface area contributed by atoms with Crippen molar-refractivity contribution in [2.45, 2.75) is 19.9 Å². The fraction of sp³-hybridized carbons (Fsp3) is 0.167. The lowest BCUT2D eigenvalue weighted by molar-refractivity contribution is 1.12. The van der Waals surface area contributed by atoms with Crippen LogP contribution in [0.2, 0.25) is 0 Å². The molecule has 0 N–H and O–H groups in total. The molecule has 1 aromatic carbocycles. The molecule has 0 saturated heterocycles. The molecule has 2 aliphatic rings. The first-order chi connectivity index (χ1) is 9.90. The van der Waals surface area contributed by atoms with Crippen molar-refractivity contribution in [1.29, 1.82) is 0 Å². The van der Waals surface area contributed by atoms with Crippen molar-refractivity contribution in [1.82, 2.24) is 19.2 Å². The lowest BCUT2D eigenvalue weighted by Gasteiger charge is -2.20. The Morgan fingerprint density at radius 1 is 0.750 bits per heavy atom. The average Bonchev–Trinajstić information content (AvgIpc) is 3.13. The van der Waals surface area contributed by atoms with Crippen LogP contribution >= 0.6 is 46.6 Å². The fourth-order valence-electron chi connectivity index (χ4n) is 2.54. The summed E-state index contributed by atoms with van der Waals surface area (Å²) < 4.78 is 10.6. The van der Waals surface area contributed by atoms with Crippen LogP contribution in [0.5, 0.6) is 0 Å². The van der Waals surface area contributed by atoms with Crippen LogP contribution in [0.3, 0.4) is 0 Å². The van der Waals surface area contributed by atoms with E-state index in [4.69, 9.17) is 0 Å². The molecule has 0 bridgehead atoms. The van der Waals surface area contributed by atoms with Gasteiger partial charge in [-0.1, -0.05) is 15.0 Å². The molecule has 2 aromatic heterocycles. The van der Waals surface area contributed by atoms with Crippen LogP contribution in [0.4, 0.5) is 0 Å². The van der Waals surface area contributed by atoms with Gasteiger partial charge in [0.2, 0.25) is 0 Å². The fourth-order valence-corrected chi connectivity index (χ4v) is 6.01. The quantitative estimate of drug-likeness (QED) is 0.621. The number of benzene rings is 1. The lowest BCUT2D eigenvalue weighted by Crippen LogP contribution is -2.01. The zero-order valence-corrected chi connectivity index (χ0v) is 13.3. The highest BCUT2D eigenvalue weighted by molar-refractivity contribution is 8.00. The van der Waals surface area contributed by atoms with E-state index in [-0.39, 0.29) is 0 Å². The lowest BCUT2D eigenvalue weighted by atomic mass is 9.96. The highest BCUT2D eigenvalue weighted by Gasteiger charge is 2.26. The zero-order chi connectivity index (χ0) is 13.1. The largest absolute Gasteiger partial charge is 0.137 e. The van der Waals surface area contributed by atoms with E-state index < -0.39 is 0 Å². The summed E-state index contributed by atoms with van der Waals surface area (Å²) in [6.45, 7) is 0. The second-order valence-corrected chi connectivity index (χ2v) is 8.56. The Bertz CT molecular complexity index is 772. The molecule has 3 aromatic rings. The monoisotopic (exact) mass is 334 g/mol. The van der Waals surface area contributed by atoms with Gasteiger partial charge in [-0.15, -0.1) is 33.7 Å². The molecule has 20 heavy (non-hydrogen) atoms. The van der Waals surface area contributed by atoms with E-state index in [2.05, 4.69) is 31.3 Å². The minimum atomic E-state index is 1.01. The summed E-state index contributed by atoms with van der Waals surface area (Å²) in [5.74, 6) is 2.01. The molecular formula is C12H6N4S4. The maximum absolute atomic E-state index is 4.30. The molecule has 0 amide bonds. The summed E-state index contributed by atoms with van der Waals surface area (Å²) in [7, 11) is 0. The van der Waals surface area contributed by atoms with E-state index in [1.807, 2.05) is 23.5 Å². The number of aromatic nitrogens is 4. The summed E-state index contributed by atoms with van der Waals surface area (Å²) in [5.41, 5.74) is 7.23. The van der Waals surface area contributed by atoms with Crippen molar-refractivity contribution in [2.24, 2.45) is 0 Å². The molecule has 0 spiro atoms. The highest BCUT2D eigenvalue weighted by atomic mass is 32.2. The van der Waals surface area contributed by atoms with Crippen molar-refractivity contribution < 1.29 is 0 Å². The van der Waals surface area contributed by atoms with Gasteiger partial charge in [-0.25, -0.2) is 0 Å². The molecular weight excluding hydrogens is 328 g/mol. The van der Waals surface area contributed by atoms with Gasteiger partial charge in [0.25, 0.3) is 0 Å². The van der Waals surface area contributed by atoms with Crippen LogP contribution in [0.25, 0.3) is 22.5 Å². The third kappa shape index (κ3) is 1.56. The topological polar surface area (TPSA) is 51.6 Å². The third-order valence-corrected chi connectivity index (χ3v) is 7.49. The minimum Gasteiger partial charge on any atom is -0.137 e. The van der Waals surface area contributed by atoms with E-state index >= 15 is 0 Å². The molecule has 4 heterocycles. The molecule has 0 atom stereocenters. The number of rotatable bonds is 0. The minimum absolute atomic E-state index is 1.01. The Morgan fingerprint density at radius 3 is 1.85 bits per heavy atom. The van der Waals surface area contributed by atoms with Crippen LogP contribution in [0.15, 0.2) is 20.6 Å². The predicted molar refractivity (Wildman–Crippen MR) is 83.4 cm³/mol. The van der Waals surface area contributed by atoms with Crippen molar-refractivity contribution in [3.05, 3.63) is 23.3 Å². The maximum Gasteiger partial charge on any atom is 0.119 e. The molecule has 0 aliphatic carbocycles. The first-order valence-corrected chi connectivity index (χ1v) is 9.49. The molecule has 98 valence electrons. The van der Waals surface area contributed by atoms with E-state index in [1.54, 1.807) is 0 Å². The van der Waals surface area contributed by atoms with Crippen LogP contribution in [-0.2, 0) is 11.5 Å². The van der Waals surface area contributed by atoms with Gasteiger partial charge in [-0.05, 0) is 40.3 Å². The van der Waals surface area contributed by atoms with Crippen LogP contribution in [0.1, 0.15) is 11.1 Å².